The lowest BCUT2D eigenvalue weighted by atomic mass is 10.1. The lowest BCUT2D eigenvalue weighted by Crippen LogP contribution is -2.52. The molecule has 140 valence electrons. The Labute approximate surface area is 161 Å². The largest absolute Gasteiger partial charge is 0.480 e. The van der Waals surface area contributed by atoms with E-state index in [2.05, 4.69) is 0 Å². The first-order chi connectivity index (χ1) is 13.0. The van der Waals surface area contributed by atoms with E-state index in [4.69, 9.17) is 16.3 Å². The predicted octanol–water partition coefficient (Wildman–Crippen LogP) is 2.90. The van der Waals surface area contributed by atoms with E-state index >= 15 is 0 Å². The summed E-state index contributed by atoms with van der Waals surface area (Å²) in [4.78, 5) is 27.4. The highest BCUT2D eigenvalue weighted by Crippen LogP contribution is 2.32. The fourth-order valence-corrected chi connectivity index (χ4v) is 3.81. The number of piperazine rings is 1. The monoisotopic (exact) mass is 387 g/mol. The number of anilines is 1. The topological polar surface area (TPSA) is 75.9 Å². The first-order valence-corrected chi connectivity index (χ1v) is 9.13. The maximum atomic E-state index is 12.8. The first-order valence-electron chi connectivity index (χ1n) is 8.75. The molecule has 1 saturated heterocycles. The van der Waals surface area contributed by atoms with Gasteiger partial charge in [-0.25, -0.2) is 0 Å². The van der Waals surface area contributed by atoms with Gasteiger partial charge in [0.25, 0.3) is 11.6 Å². The molecule has 1 unspecified atom stereocenters. The Morgan fingerprint density at radius 3 is 2.63 bits per heavy atom. The molecule has 1 atom stereocenters. The van der Waals surface area contributed by atoms with Crippen molar-refractivity contribution in [3.05, 3.63) is 63.2 Å². The summed E-state index contributed by atoms with van der Waals surface area (Å²) in [7, 11) is 0. The number of halogens is 1. The zero-order valence-electron chi connectivity index (χ0n) is 14.5. The molecular weight excluding hydrogens is 370 g/mol. The molecule has 0 radical (unpaired) electrons. The van der Waals surface area contributed by atoms with Crippen molar-refractivity contribution in [3.63, 3.8) is 0 Å². The average Bonchev–Trinajstić information content (AvgIpc) is 3.10. The molecule has 1 fully saturated rings. The third-order valence-electron chi connectivity index (χ3n) is 4.98. The van der Waals surface area contributed by atoms with Gasteiger partial charge in [0, 0.05) is 43.7 Å². The van der Waals surface area contributed by atoms with E-state index < -0.39 is 6.10 Å². The molecule has 8 heteroatoms. The van der Waals surface area contributed by atoms with Crippen LogP contribution in [-0.4, -0.2) is 48.0 Å². The molecule has 1 amide bonds. The van der Waals surface area contributed by atoms with Crippen molar-refractivity contribution in [2.24, 2.45) is 0 Å². The highest BCUT2D eigenvalue weighted by molar-refractivity contribution is 6.30. The molecule has 0 aromatic heterocycles. The van der Waals surface area contributed by atoms with E-state index in [1.54, 1.807) is 35.2 Å². The number of amides is 1. The Hall–Kier alpha value is -2.80. The van der Waals surface area contributed by atoms with Crippen LogP contribution in [0.15, 0.2) is 42.5 Å². The number of carbonyl (C=O) groups is 1. The molecule has 2 heterocycles. The van der Waals surface area contributed by atoms with Crippen molar-refractivity contribution in [1.82, 2.24) is 4.90 Å². The fraction of sp³-hybridized carbons (Fsp3) is 0.316. The number of para-hydroxylation sites is 2. The number of nitrogens with zero attached hydrogens (tertiary/aromatic N) is 3. The van der Waals surface area contributed by atoms with Gasteiger partial charge in [0.05, 0.1) is 4.92 Å². The van der Waals surface area contributed by atoms with Crippen LogP contribution in [0.1, 0.15) is 5.56 Å². The van der Waals surface area contributed by atoms with Crippen LogP contribution in [0.4, 0.5) is 11.4 Å². The average molecular weight is 388 g/mol. The fourth-order valence-electron chi connectivity index (χ4n) is 3.61. The van der Waals surface area contributed by atoms with Gasteiger partial charge >= 0.3 is 0 Å². The van der Waals surface area contributed by atoms with Gasteiger partial charge in [-0.05, 0) is 29.8 Å². The Bertz CT molecular complexity index is 896. The molecule has 27 heavy (non-hydrogen) atoms. The second-order valence-electron chi connectivity index (χ2n) is 6.62. The van der Waals surface area contributed by atoms with Crippen LogP contribution >= 0.6 is 11.6 Å². The van der Waals surface area contributed by atoms with E-state index in [0.717, 1.165) is 5.56 Å². The zero-order valence-corrected chi connectivity index (χ0v) is 15.3. The molecule has 0 aliphatic carbocycles. The first kappa shape index (κ1) is 17.6. The van der Waals surface area contributed by atoms with Crippen LogP contribution < -0.4 is 9.64 Å². The highest BCUT2D eigenvalue weighted by Gasteiger charge is 2.34. The van der Waals surface area contributed by atoms with Crippen LogP contribution in [0, 0.1) is 10.1 Å². The van der Waals surface area contributed by atoms with Gasteiger partial charge in [-0.15, -0.1) is 0 Å². The summed E-state index contributed by atoms with van der Waals surface area (Å²) in [6.45, 7) is 2.09. The van der Waals surface area contributed by atoms with Crippen molar-refractivity contribution in [2.45, 2.75) is 12.5 Å². The van der Waals surface area contributed by atoms with Crippen LogP contribution in [0.25, 0.3) is 0 Å². The van der Waals surface area contributed by atoms with E-state index in [1.165, 1.54) is 6.07 Å². The van der Waals surface area contributed by atoms with Crippen LogP contribution in [0.5, 0.6) is 5.75 Å². The molecule has 0 saturated carbocycles. The van der Waals surface area contributed by atoms with E-state index in [9.17, 15) is 14.9 Å². The SMILES string of the molecule is O=C(C1Cc2cc(Cl)ccc2O1)N1CCN(c2ccccc2[N+](=O)[O-])CC1. The Morgan fingerprint density at radius 2 is 1.89 bits per heavy atom. The van der Waals surface area contributed by atoms with Gasteiger partial charge in [0.1, 0.15) is 11.4 Å². The van der Waals surface area contributed by atoms with Crippen molar-refractivity contribution >= 4 is 28.9 Å². The van der Waals surface area contributed by atoms with Crippen molar-refractivity contribution < 1.29 is 14.5 Å². The number of nitro groups is 1. The standard InChI is InChI=1S/C19H18ClN3O4/c20-14-5-6-17-13(11-14)12-18(27-17)19(24)22-9-7-21(8-10-22)15-3-1-2-4-16(15)23(25)26/h1-6,11,18H,7-10,12H2. The minimum absolute atomic E-state index is 0.0514. The van der Waals surface area contributed by atoms with Crippen LogP contribution in [0.3, 0.4) is 0 Å². The number of benzene rings is 2. The Balaban J connectivity index is 1.40. The highest BCUT2D eigenvalue weighted by atomic mass is 35.5. The van der Waals surface area contributed by atoms with Gasteiger partial charge in [-0.2, -0.15) is 0 Å². The zero-order chi connectivity index (χ0) is 19.0. The number of rotatable bonds is 3. The summed E-state index contributed by atoms with van der Waals surface area (Å²) in [5.41, 5.74) is 1.62. The summed E-state index contributed by atoms with van der Waals surface area (Å²) in [6.07, 6.45) is -0.0184. The number of carbonyl (C=O) groups excluding carboxylic acids is 1. The summed E-state index contributed by atoms with van der Waals surface area (Å²) >= 11 is 6.00. The number of hydrogen-bond donors (Lipinski definition) is 0. The summed E-state index contributed by atoms with van der Waals surface area (Å²) in [6, 6.07) is 12.1. The van der Waals surface area contributed by atoms with Crippen molar-refractivity contribution in [1.29, 1.82) is 0 Å². The minimum atomic E-state index is -0.531. The van der Waals surface area contributed by atoms with Crippen LogP contribution in [0.2, 0.25) is 5.02 Å². The number of nitro benzene ring substituents is 1. The minimum Gasteiger partial charge on any atom is -0.480 e. The molecule has 2 aromatic carbocycles. The van der Waals surface area contributed by atoms with Gasteiger partial charge in [-0.3, -0.25) is 14.9 Å². The quantitative estimate of drug-likeness (QED) is 0.598. The second-order valence-corrected chi connectivity index (χ2v) is 7.06. The molecule has 4 rings (SSSR count). The second kappa shape index (κ2) is 7.08. The molecule has 2 aliphatic heterocycles. The van der Waals surface area contributed by atoms with E-state index in [-0.39, 0.29) is 16.5 Å². The number of ether oxygens (including phenoxy) is 1. The normalized spacial score (nSPS) is 18.8. The van der Waals surface area contributed by atoms with E-state index in [0.29, 0.717) is 49.1 Å². The molecular formula is C19H18ClN3O4. The van der Waals surface area contributed by atoms with Gasteiger partial charge < -0.3 is 14.5 Å². The van der Waals surface area contributed by atoms with Gasteiger partial charge in [-0.1, -0.05) is 23.7 Å². The van der Waals surface area contributed by atoms with Gasteiger partial charge in [0.2, 0.25) is 0 Å². The lowest BCUT2D eigenvalue weighted by Gasteiger charge is -2.36. The smallest absolute Gasteiger partial charge is 0.292 e. The number of hydrogen-bond acceptors (Lipinski definition) is 5. The maximum absolute atomic E-state index is 12.8. The van der Waals surface area contributed by atoms with E-state index in [1.807, 2.05) is 11.0 Å². The third-order valence-corrected chi connectivity index (χ3v) is 5.22. The molecule has 0 spiro atoms. The molecule has 0 N–H and O–H groups in total. The molecule has 0 bridgehead atoms. The van der Waals surface area contributed by atoms with Crippen molar-refractivity contribution in [3.8, 4) is 5.75 Å². The molecule has 2 aromatic rings. The third kappa shape index (κ3) is 3.42. The lowest BCUT2D eigenvalue weighted by molar-refractivity contribution is -0.384. The summed E-state index contributed by atoms with van der Waals surface area (Å²) < 4.78 is 5.79. The maximum Gasteiger partial charge on any atom is 0.292 e. The summed E-state index contributed by atoms with van der Waals surface area (Å²) in [5.74, 6) is 0.654. The molecule has 7 nitrogen and oxygen atoms in total. The summed E-state index contributed by atoms with van der Waals surface area (Å²) in [5, 5.41) is 11.9. The molecule has 2 aliphatic rings. The predicted molar refractivity (Wildman–Crippen MR) is 101 cm³/mol. The van der Waals surface area contributed by atoms with Crippen LogP contribution in [-0.2, 0) is 11.2 Å². The number of fused-ring (bicyclic) bond motifs is 1. The Kier molecular flexibility index (Phi) is 4.61. The van der Waals surface area contributed by atoms with Gasteiger partial charge in [0.15, 0.2) is 6.10 Å². The Morgan fingerprint density at radius 1 is 1.15 bits per heavy atom. The van der Waals surface area contributed by atoms with Crippen molar-refractivity contribution in [2.75, 3.05) is 31.1 Å².